The van der Waals surface area contributed by atoms with E-state index in [2.05, 4.69) is 27.6 Å². The zero-order chi connectivity index (χ0) is 16.0. The summed E-state index contributed by atoms with van der Waals surface area (Å²) in [5, 5.41) is 10.7. The minimum Gasteiger partial charge on any atom is -0.382 e. The number of hydrogen-bond acceptors (Lipinski definition) is 4. The highest BCUT2D eigenvalue weighted by atomic mass is 16.5. The molecule has 1 rings (SSSR count). The van der Waals surface area contributed by atoms with Crippen molar-refractivity contribution < 1.29 is 9.47 Å². The highest BCUT2D eigenvalue weighted by molar-refractivity contribution is 5.79. The Kier molecular flexibility index (Phi) is 10.1. The molecule has 126 valence electrons. The van der Waals surface area contributed by atoms with Crippen molar-refractivity contribution in [2.75, 3.05) is 46.6 Å². The second-order valence-corrected chi connectivity index (χ2v) is 4.92. The maximum absolute atomic E-state index is 5.41. The number of aryl methyl sites for hydroxylation is 1. The number of rotatable bonds is 11. The Bertz CT molecular complexity index is 420. The topological polar surface area (TPSA) is 72.7 Å². The number of aliphatic imine (C=N–C) groups is 1. The summed E-state index contributed by atoms with van der Waals surface area (Å²) < 4.78 is 12.2. The fraction of sp³-hybridized carbons (Fsp3) is 0.733. The minimum atomic E-state index is 0.641. The number of nitrogens with one attached hydrogen (secondary N) is 2. The number of hydrogen-bond donors (Lipinski definition) is 2. The van der Waals surface area contributed by atoms with E-state index in [1.54, 1.807) is 7.11 Å². The molecule has 0 unspecified atom stereocenters. The number of nitrogens with zero attached hydrogens (tertiary/aromatic N) is 3. The van der Waals surface area contributed by atoms with Crippen LogP contribution in [0, 0.1) is 0 Å². The van der Waals surface area contributed by atoms with Crippen molar-refractivity contribution >= 4 is 5.96 Å². The van der Waals surface area contributed by atoms with E-state index >= 15 is 0 Å². The first-order valence-electron chi connectivity index (χ1n) is 7.82. The van der Waals surface area contributed by atoms with Gasteiger partial charge in [-0.15, -0.1) is 0 Å². The normalized spacial score (nSPS) is 11.7. The van der Waals surface area contributed by atoms with Crippen LogP contribution in [-0.4, -0.2) is 62.3 Å². The van der Waals surface area contributed by atoms with Crippen LogP contribution in [0.1, 0.15) is 18.9 Å². The molecule has 0 radical (unpaired) electrons. The molecule has 1 heterocycles. The molecule has 1 aromatic heterocycles. The summed E-state index contributed by atoms with van der Waals surface area (Å²) in [5.41, 5.74) is 1.22. The average molecular weight is 311 g/mol. The molecule has 1 aromatic rings. The average Bonchev–Trinajstić information content (AvgIpc) is 2.92. The maximum Gasteiger partial charge on any atom is 0.191 e. The van der Waals surface area contributed by atoms with Gasteiger partial charge < -0.3 is 20.1 Å². The maximum atomic E-state index is 5.41. The molecule has 7 heteroatoms. The third-order valence-corrected chi connectivity index (χ3v) is 2.96. The van der Waals surface area contributed by atoms with E-state index in [1.165, 1.54) is 5.56 Å². The van der Waals surface area contributed by atoms with Crippen LogP contribution >= 0.6 is 0 Å². The van der Waals surface area contributed by atoms with E-state index in [0.717, 1.165) is 38.4 Å². The van der Waals surface area contributed by atoms with Gasteiger partial charge in [0, 0.05) is 46.6 Å². The number of ether oxygens (including phenoxy) is 2. The van der Waals surface area contributed by atoms with Crippen LogP contribution in [-0.2, 0) is 22.9 Å². The van der Waals surface area contributed by atoms with Crippen molar-refractivity contribution in [1.82, 2.24) is 20.4 Å². The zero-order valence-corrected chi connectivity index (χ0v) is 14.0. The quantitative estimate of drug-likeness (QED) is 0.355. The first-order chi connectivity index (χ1) is 10.8. The van der Waals surface area contributed by atoms with Crippen molar-refractivity contribution in [2.24, 2.45) is 12.0 Å². The summed E-state index contributed by atoms with van der Waals surface area (Å²) in [7, 11) is 3.60. The molecule has 0 aliphatic carbocycles. The van der Waals surface area contributed by atoms with Gasteiger partial charge in [0.2, 0.25) is 0 Å². The lowest BCUT2D eigenvalue weighted by atomic mass is 10.2. The smallest absolute Gasteiger partial charge is 0.191 e. The van der Waals surface area contributed by atoms with Gasteiger partial charge in [-0.1, -0.05) is 0 Å². The number of aromatic nitrogens is 2. The summed E-state index contributed by atoms with van der Waals surface area (Å²) in [6.07, 6.45) is 5.76. The van der Waals surface area contributed by atoms with Gasteiger partial charge in [-0.2, -0.15) is 5.10 Å². The predicted octanol–water partition coefficient (Wildman–Crippen LogP) is 0.571. The van der Waals surface area contributed by atoms with Gasteiger partial charge in [0.05, 0.1) is 19.4 Å². The van der Waals surface area contributed by atoms with Gasteiger partial charge in [0.25, 0.3) is 0 Å². The standard InChI is InChI=1S/C15H29N5O2/c1-4-16-15(17-7-5-9-22-11-10-21-3)18-8-6-14-12-19-20(2)13-14/h12-13H,4-11H2,1-3H3,(H2,16,17,18). The minimum absolute atomic E-state index is 0.641. The van der Waals surface area contributed by atoms with Crippen molar-refractivity contribution in [3.8, 4) is 0 Å². The van der Waals surface area contributed by atoms with Crippen molar-refractivity contribution in [3.05, 3.63) is 18.0 Å². The Labute approximate surface area is 133 Å². The molecular weight excluding hydrogens is 282 g/mol. The summed E-state index contributed by atoms with van der Waals surface area (Å²) >= 11 is 0. The fourth-order valence-electron chi connectivity index (χ4n) is 1.87. The van der Waals surface area contributed by atoms with E-state index in [1.807, 2.05) is 24.1 Å². The molecule has 7 nitrogen and oxygen atoms in total. The first kappa shape index (κ1) is 18.4. The summed E-state index contributed by atoms with van der Waals surface area (Å²) in [6, 6.07) is 0. The molecule has 0 amide bonds. The second-order valence-electron chi connectivity index (χ2n) is 4.92. The van der Waals surface area contributed by atoms with Gasteiger partial charge in [-0.05, 0) is 25.3 Å². The Morgan fingerprint density at radius 3 is 2.86 bits per heavy atom. The lowest BCUT2D eigenvalue weighted by molar-refractivity contribution is 0.0702. The number of methoxy groups -OCH3 is 1. The largest absolute Gasteiger partial charge is 0.382 e. The molecule has 22 heavy (non-hydrogen) atoms. The van der Waals surface area contributed by atoms with Gasteiger partial charge in [0.15, 0.2) is 5.96 Å². The van der Waals surface area contributed by atoms with Crippen molar-refractivity contribution in [3.63, 3.8) is 0 Å². The predicted molar refractivity (Wildman–Crippen MR) is 88.2 cm³/mol. The molecule has 0 aromatic carbocycles. The van der Waals surface area contributed by atoms with Gasteiger partial charge in [-0.3, -0.25) is 9.67 Å². The van der Waals surface area contributed by atoms with Crippen LogP contribution in [0.5, 0.6) is 0 Å². The van der Waals surface area contributed by atoms with Crippen LogP contribution in [0.3, 0.4) is 0 Å². The lowest BCUT2D eigenvalue weighted by Crippen LogP contribution is -2.38. The first-order valence-corrected chi connectivity index (χ1v) is 7.82. The molecule has 0 bridgehead atoms. The highest BCUT2D eigenvalue weighted by Gasteiger charge is 1.99. The summed E-state index contributed by atoms with van der Waals surface area (Å²) in [6.45, 7) is 6.49. The third-order valence-electron chi connectivity index (χ3n) is 2.96. The van der Waals surface area contributed by atoms with Gasteiger partial charge in [0.1, 0.15) is 0 Å². The molecular formula is C15H29N5O2. The second kappa shape index (κ2) is 12.0. The van der Waals surface area contributed by atoms with E-state index in [-0.39, 0.29) is 0 Å². The van der Waals surface area contributed by atoms with E-state index in [0.29, 0.717) is 19.8 Å². The molecule has 0 atom stereocenters. The zero-order valence-electron chi connectivity index (χ0n) is 14.0. The Hall–Kier alpha value is -1.60. The molecule has 0 aliphatic rings. The van der Waals surface area contributed by atoms with Gasteiger partial charge in [-0.25, -0.2) is 0 Å². The molecule has 0 aliphatic heterocycles. The van der Waals surface area contributed by atoms with Crippen LogP contribution in [0.4, 0.5) is 0 Å². The van der Waals surface area contributed by atoms with Crippen LogP contribution in [0.25, 0.3) is 0 Å². The Balaban J connectivity index is 2.18. The summed E-state index contributed by atoms with van der Waals surface area (Å²) in [5.74, 6) is 0.850. The number of guanidine groups is 1. The van der Waals surface area contributed by atoms with E-state index in [9.17, 15) is 0 Å². The van der Waals surface area contributed by atoms with E-state index in [4.69, 9.17) is 9.47 Å². The Morgan fingerprint density at radius 2 is 2.18 bits per heavy atom. The molecule has 0 saturated carbocycles. The molecule has 0 saturated heterocycles. The molecule has 0 spiro atoms. The summed E-state index contributed by atoms with van der Waals surface area (Å²) in [4.78, 5) is 4.53. The van der Waals surface area contributed by atoms with Crippen LogP contribution in [0.2, 0.25) is 0 Å². The van der Waals surface area contributed by atoms with Gasteiger partial charge >= 0.3 is 0 Å². The SMILES string of the molecule is CCNC(=NCCCOCCOC)NCCc1cnn(C)c1. The van der Waals surface area contributed by atoms with Crippen LogP contribution in [0.15, 0.2) is 17.4 Å². The monoisotopic (exact) mass is 311 g/mol. The van der Waals surface area contributed by atoms with E-state index < -0.39 is 0 Å². The lowest BCUT2D eigenvalue weighted by Gasteiger charge is -2.10. The molecule has 2 N–H and O–H groups in total. The fourth-order valence-corrected chi connectivity index (χ4v) is 1.87. The third kappa shape index (κ3) is 8.63. The Morgan fingerprint density at radius 1 is 1.32 bits per heavy atom. The van der Waals surface area contributed by atoms with Crippen molar-refractivity contribution in [2.45, 2.75) is 19.8 Å². The molecule has 0 fully saturated rings. The highest BCUT2D eigenvalue weighted by Crippen LogP contribution is 1.96. The van der Waals surface area contributed by atoms with Crippen LogP contribution < -0.4 is 10.6 Å². The van der Waals surface area contributed by atoms with Crippen molar-refractivity contribution in [1.29, 1.82) is 0 Å².